The average Bonchev–Trinajstić information content (AvgIpc) is 3.51. The molecule has 0 saturated carbocycles. The minimum absolute atomic E-state index is 0.0525. The van der Waals surface area contributed by atoms with E-state index in [1.54, 1.807) is 7.85 Å². The molecule has 2 atom stereocenters. The van der Waals surface area contributed by atoms with Crippen LogP contribution in [0.15, 0.2) is 36.4 Å². The van der Waals surface area contributed by atoms with Gasteiger partial charge in [-0.05, 0) is 36.1 Å². The van der Waals surface area contributed by atoms with E-state index in [0.29, 0.717) is 19.8 Å². The Kier molecular flexibility index (Phi) is 3.73. The topological polar surface area (TPSA) is 59.1 Å². The summed E-state index contributed by atoms with van der Waals surface area (Å²) in [5, 5.41) is 0. The van der Waals surface area contributed by atoms with Gasteiger partial charge < -0.3 is 19.3 Å². The van der Waals surface area contributed by atoms with E-state index in [0.717, 1.165) is 59.7 Å². The fraction of sp³-hybridized carbons (Fsp3) is 0.391. The van der Waals surface area contributed by atoms with Crippen molar-refractivity contribution in [3.63, 3.8) is 0 Å². The summed E-state index contributed by atoms with van der Waals surface area (Å²) >= 11 is 0. The normalized spacial score (nSPS) is 25.9. The molecule has 30 heavy (non-hydrogen) atoms. The molecule has 7 heteroatoms. The molecular weight excluding hydrogens is 379 g/mol. The zero-order valence-corrected chi connectivity index (χ0v) is 17.0. The maximum atomic E-state index is 14.0. The van der Waals surface area contributed by atoms with E-state index in [1.165, 1.54) is 0 Å². The van der Waals surface area contributed by atoms with Crippen molar-refractivity contribution in [1.82, 2.24) is 4.90 Å². The van der Waals surface area contributed by atoms with E-state index < -0.39 is 5.41 Å². The number of para-hydroxylation sites is 1. The third-order valence-electron chi connectivity index (χ3n) is 7.14. The summed E-state index contributed by atoms with van der Waals surface area (Å²) in [6.07, 6.45) is 2.77. The number of nitrogens with zero attached hydrogens (tertiary/aromatic N) is 2. The average molecular weight is 402 g/mol. The summed E-state index contributed by atoms with van der Waals surface area (Å²) in [5.41, 5.74) is 3.21. The maximum absolute atomic E-state index is 14.0. The van der Waals surface area contributed by atoms with E-state index >= 15 is 0 Å². The summed E-state index contributed by atoms with van der Waals surface area (Å²) in [5.74, 6) is 1.74. The molecule has 2 amide bonds. The molecule has 6 nitrogen and oxygen atoms in total. The van der Waals surface area contributed by atoms with Crippen molar-refractivity contribution in [3.8, 4) is 11.5 Å². The lowest BCUT2D eigenvalue weighted by Gasteiger charge is -2.29. The molecule has 1 unspecified atom stereocenters. The molecule has 6 rings (SSSR count). The quantitative estimate of drug-likeness (QED) is 0.720. The monoisotopic (exact) mass is 402 g/mol. The summed E-state index contributed by atoms with van der Waals surface area (Å²) in [6.45, 7) is 2.27. The summed E-state index contributed by atoms with van der Waals surface area (Å²) in [7, 11) is 1.61. The van der Waals surface area contributed by atoms with Crippen LogP contribution in [-0.4, -0.2) is 56.8 Å². The standard InChI is InChI=1S/C23H23BN2O4/c24-22(28)25-8-3-4-15(25)12-26-18-6-2-1-5-16(18)23(21(26)27)13-30-20-11-19-14(7-9-29-19)10-17(20)23/h1-2,5-6,10-11,15H,3-4,7-9,12-13,24H2/t15-,23?/m0/s1. The molecule has 0 N–H and O–H groups in total. The van der Waals surface area contributed by atoms with Gasteiger partial charge in [0.2, 0.25) is 13.8 Å². The molecule has 4 heterocycles. The molecule has 1 spiro atoms. The molecule has 152 valence electrons. The van der Waals surface area contributed by atoms with Crippen molar-refractivity contribution in [3.05, 3.63) is 53.1 Å². The van der Waals surface area contributed by atoms with Crippen LogP contribution in [0, 0.1) is 0 Å². The highest BCUT2D eigenvalue weighted by atomic mass is 16.5. The third kappa shape index (κ3) is 2.26. The molecule has 1 saturated heterocycles. The highest BCUT2D eigenvalue weighted by molar-refractivity contribution is 6.57. The van der Waals surface area contributed by atoms with Crippen LogP contribution in [0.4, 0.5) is 10.5 Å². The highest BCUT2D eigenvalue weighted by Crippen LogP contribution is 2.54. The zero-order valence-electron chi connectivity index (χ0n) is 17.0. The number of carbonyl (C=O) groups excluding carboxylic acids is 2. The molecule has 4 aliphatic rings. The Bertz CT molecular complexity index is 1090. The molecule has 1 fully saturated rings. The maximum Gasteiger partial charge on any atom is 0.245 e. The van der Waals surface area contributed by atoms with Crippen molar-refractivity contribution in [2.24, 2.45) is 0 Å². The van der Waals surface area contributed by atoms with Crippen LogP contribution in [0.5, 0.6) is 11.5 Å². The number of fused-ring (bicyclic) bond motifs is 5. The Morgan fingerprint density at radius 2 is 2.03 bits per heavy atom. The van der Waals surface area contributed by atoms with Gasteiger partial charge in [-0.1, -0.05) is 18.2 Å². The number of amides is 2. The number of rotatable bonds is 2. The number of hydrogen-bond donors (Lipinski definition) is 0. The molecule has 0 aromatic heterocycles. The predicted octanol–water partition coefficient (Wildman–Crippen LogP) is 1.86. The second-order valence-electron chi connectivity index (χ2n) is 8.69. The molecule has 0 radical (unpaired) electrons. The van der Waals surface area contributed by atoms with Gasteiger partial charge in [0.25, 0.3) is 0 Å². The minimum Gasteiger partial charge on any atom is -0.493 e. The second-order valence-corrected chi connectivity index (χ2v) is 8.69. The van der Waals surface area contributed by atoms with Gasteiger partial charge in [0.05, 0.1) is 6.61 Å². The van der Waals surface area contributed by atoms with Crippen LogP contribution in [-0.2, 0) is 16.6 Å². The van der Waals surface area contributed by atoms with E-state index in [1.807, 2.05) is 40.1 Å². The van der Waals surface area contributed by atoms with Gasteiger partial charge in [-0.15, -0.1) is 0 Å². The van der Waals surface area contributed by atoms with Gasteiger partial charge >= 0.3 is 0 Å². The van der Waals surface area contributed by atoms with E-state index in [2.05, 4.69) is 6.07 Å². The highest BCUT2D eigenvalue weighted by Gasteiger charge is 2.57. The first kappa shape index (κ1) is 17.9. The van der Waals surface area contributed by atoms with Crippen LogP contribution < -0.4 is 14.4 Å². The number of benzene rings is 2. The molecule has 0 aliphatic carbocycles. The Balaban J connectivity index is 1.45. The van der Waals surface area contributed by atoms with Crippen LogP contribution in [0.3, 0.4) is 0 Å². The summed E-state index contributed by atoms with van der Waals surface area (Å²) in [4.78, 5) is 29.9. The first-order chi connectivity index (χ1) is 14.6. The number of ether oxygens (including phenoxy) is 2. The van der Waals surface area contributed by atoms with Crippen LogP contribution in [0.25, 0.3) is 0 Å². The van der Waals surface area contributed by atoms with Crippen molar-refractivity contribution >= 4 is 25.2 Å². The molecule has 2 aromatic rings. The van der Waals surface area contributed by atoms with Crippen LogP contribution in [0.1, 0.15) is 29.5 Å². The van der Waals surface area contributed by atoms with Gasteiger partial charge in [-0.3, -0.25) is 9.59 Å². The van der Waals surface area contributed by atoms with E-state index in [9.17, 15) is 9.59 Å². The first-order valence-corrected chi connectivity index (χ1v) is 10.7. The number of carbonyl (C=O) groups is 2. The van der Waals surface area contributed by atoms with Gasteiger partial charge in [0.15, 0.2) is 5.81 Å². The minimum atomic E-state index is -0.816. The van der Waals surface area contributed by atoms with Crippen molar-refractivity contribution in [2.45, 2.75) is 30.7 Å². The fourth-order valence-electron chi connectivity index (χ4n) is 5.68. The van der Waals surface area contributed by atoms with E-state index in [-0.39, 0.29) is 17.8 Å². The summed E-state index contributed by atoms with van der Waals surface area (Å²) < 4.78 is 11.8. The van der Waals surface area contributed by atoms with Gasteiger partial charge in [-0.2, -0.15) is 0 Å². The lowest BCUT2D eigenvalue weighted by Crippen LogP contribution is -2.48. The van der Waals surface area contributed by atoms with Crippen LogP contribution >= 0.6 is 0 Å². The Hall–Kier alpha value is -2.96. The molecule has 2 aromatic carbocycles. The smallest absolute Gasteiger partial charge is 0.245 e. The number of likely N-dealkylation sites (tertiary alicyclic amines) is 1. The third-order valence-corrected chi connectivity index (χ3v) is 7.14. The number of hydrogen-bond acceptors (Lipinski definition) is 4. The lowest BCUT2D eigenvalue weighted by molar-refractivity contribution is -0.122. The zero-order chi connectivity index (χ0) is 20.5. The van der Waals surface area contributed by atoms with Gasteiger partial charge in [-0.25, -0.2) is 0 Å². The molecule has 0 bridgehead atoms. The lowest BCUT2D eigenvalue weighted by atomic mass is 9.76. The fourth-order valence-corrected chi connectivity index (χ4v) is 5.68. The molecule has 4 aliphatic heterocycles. The summed E-state index contributed by atoms with van der Waals surface area (Å²) in [6, 6.07) is 12.1. The Labute approximate surface area is 176 Å². The van der Waals surface area contributed by atoms with E-state index in [4.69, 9.17) is 9.47 Å². The SMILES string of the molecule is BC(=O)N1CCC[C@H]1CN1C(=O)C2(COc3cc4c(cc32)CCO4)c2ccccc21. The first-order valence-electron chi connectivity index (χ1n) is 10.7. The van der Waals surface area contributed by atoms with Crippen molar-refractivity contribution in [1.29, 1.82) is 0 Å². The Morgan fingerprint density at radius 3 is 2.90 bits per heavy atom. The molecular formula is C23H23BN2O4. The van der Waals surface area contributed by atoms with Crippen molar-refractivity contribution in [2.75, 3.05) is 31.2 Å². The van der Waals surface area contributed by atoms with Gasteiger partial charge in [0, 0.05) is 42.9 Å². The van der Waals surface area contributed by atoms with Crippen LogP contribution in [0.2, 0.25) is 0 Å². The second kappa shape index (κ2) is 6.27. The largest absolute Gasteiger partial charge is 0.493 e. The van der Waals surface area contributed by atoms with Crippen molar-refractivity contribution < 1.29 is 19.1 Å². The van der Waals surface area contributed by atoms with Gasteiger partial charge in [0.1, 0.15) is 23.5 Å². The Morgan fingerprint density at radius 1 is 1.17 bits per heavy atom. The predicted molar refractivity (Wildman–Crippen MR) is 114 cm³/mol. The number of anilines is 1.